The normalized spacial score (nSPS) is 14.0. The summed E-state index contributed by atoms with van der Waals surface area (Å²) in [5, 5.41) is 37.0. The van der Waals surface area contributed by atoms with Crippen molar-refractivity contribution >= 4 is 5.97 Å². The molecule has 0 saturated heterocycles. The van der Waals surface area contributed by atoms with E-state index in [9.17, 15) is 15.0 Å². The Morgan fingerprint density at radius 1 is 1.39 bits per heavy atom. The molecule has 0 spiro atoms. The van der Waals surface area contributed by atoms with Crippen molar-refractivity contribution in [1.82, 2.24) is 0 Å². The fraction of sp³-hybridized carbons (Fsp3) is 0.417. The van der Waals surface area contributed by atoms with Crippen molar-refractivity contribution in [3.8, 4) is 5.75 Å². The van der Waals surface area contributed by atoms with Crippen LogP contribution in [0.1, 0.15) is 28.4 Å². The number of carboxylic acids is 1. The van der Waals surface area contributed by atoms with E-state index in [-0.39, 0.29) is 29.9 Å². The Morgan fingerprint density at radius 3 is 2.56 bits per heavy atom. The summed E-state index contributed by atoms with van der Waals surface area (Å²) < 4.78 is 4.99. The van der Waals surface area contributed by atoms with Crippen molar-refractivity contribution in [2.75, 3.05) is 13.7 Å². The number of aliphatic hydroxyl groups is 3. The standard InChI is InChI=1S/C12H16O6/c1-18-10-6-7(12(16)17)2-3-8(10)11(15)9(14)4-5-13/h2-3,6,9,11,13-15H,4-5H2,1H3,(H,16,17). The van der Waals surface area contributed by atoms with E-state index in [1.807, 2.05) is 0 Å². The van der Waals surface area contributed by atoms with Crippen LogP contribution in [0.2, 0.25) is 0 Å². The number of hydrogen-bond donors (Lipinski definition) is 4. The topological polar surface area (TPSA) is 107 Å². The zero-order valence-electron chi connectivity index (χ0n) is 9.91. The van der Waals surface area contributed by atoms with Crippen LogP contribution >= 0.6 is 0 Å². The van der Waals surface area contributed by atoms with Crippen LogP contribution in [0.25, 0.3) is 0 Å². The van der Waals surface area contributed by atoms with Gasteiger partial charge in [-0.15, -0.1) is 0 Å². The van der Waals surface area contributed by atoms with Crippen LogP contribution in [-0.2, 0) is 0 Å². The summed E-state index contributed by atoms with van der Waals surface area (Å²) in [4.78, 5) is 10.8. The second-order valence-corrected chi connectivity index (χ2v) is 3.79. The average molecular weight is 256 g/mol. The first-order chi connectivity index (χ1) is 8.51. The van der Waals surface area contributed by atoms with E-state index < -0.39 is 18.2 Å². The van der Waals surface area contributed by atoms with Gasteiger partial charge < -0.3 is 25.2 Å². The van der Waals surface area contributed by atoms with Crippen LogP contribution in [0.4, 0.5) is 0 Å². The molecule has 0 bridgehead atoms. The molecule has 0 radical (unpaired) electrons. The molecule has 0 aliphatic carbocycles. The van der Waals surface area contributed by atoms with Gasteiger partial charge in [0.05, 0.1) is 18.8 Å². The lowest BCUT2D eigenvalue weighted by Gasteiger charge is -2.19. The van der Waals surface area contributed by atoms with Crippen LogP contribution in [0, 0.1) is 0 Å². The van der Waals surface area contributed by atoms with Crippen LogP contribution in [0.15, 0.2) is 18.2 Å². The van der Waals surface area contributed by atoms with Gasteiger partial charge in [-0.1, -0.05) is 6.07 Å². The zero-order chi connectivity index (χ0) is 13.7. The number of benzene rings is 1. The summed E-state index contributed by atoms with van der Waals surface area (Å²) >= 11 is 0. The monoisotopic (exact) mass is 256 g/mol. The fourth-order valence-electron chi connectivity index (χ4n) is 1.59. The van der Waals surface area contributed by atoms with Crippen molar-refractivity contribution in [2.45, 2.75) is 18.6 Å². The second kappa shape index (κ2) is 6.34. The predicted octanol–water partition coefficient (Wildman–Crippen LogP) is 0.170. The van der Waals surface area contributed by atoms with Gasteiger partial charge in [0.1, 0.15) is 11.9 Å². The van der Waals surface area contributed by atoms with Gasteiger partial charge in [-0.3, -0.25) is 0 Å². The first-order valence-corrected chi connectivity index (χ1v) is 5.39. The molecule has 0 heterocycles. The van der Waals surface area contributed by atoms with Gasteiger partial charge >= 0.3 is 5.97 Å². The maximum atomic E-state index is 10.8. The summed E-state index contributed by atoms with van der Waals surface area (Å²) in [6.07, 6.45) is -2.36. The molecule has 4 N–H and O–H groups in total. The lowest BCUT2D eigenvalue weighted by molar-refractivity contribution is 0.00303. The molecule has 6 heteroatoms. The third-order valence-electron chi connectivity index (χ3n) is 2.59. The Hall–Kier alpha value is -1.63. The minimum absolute atomic E-state index is 0.0189. The summed E-state index contributed by atoms with van der Waals surface area (Å²) in [5.41, 5.74) is 0.308. The smallest absolute Gasteiger partial charge is 0.335 e. The molecule has 18 heavy (non-hydrogen) atoms. The molecule has 6 nitrogen and oxygen atoms in total. The number of methoxy groups -OCH3 is 1. The SMILES string of the molecule is COc1cc(C(=O)O)ccc1C(O)C(O)CCO. The van der Waals surface area contributed by atoms with E-state index in [1.165, 1.54) is 25.3 Å². The fourth-order valence-corrected chi connectivity index (χ4v) is 1.59. The molecule has 1 rings (SSSR count). The lowest BCUT2D eigenvalue weighted by Crippen LogP contribution is -2.20. The minimum Gasteiger partial charge on any atom is -0.496 e. The van der Waals surface area contributed by atoms with Gasteiger partial charge in [0, 0.05) is 12.2 Å². The first kappa shape index (κ1) is 14.4. The Morgan fingerprint density at radius 2 is 2.06 bits per heavy atom. The van der Waals surface area contributed by atoms with E-state index in [2.05, 4.69) is 0 Å². The van der Waals surface area contributed by atoms with E-state index in [0.29, 0.717) is 0 Å². The van der Waals surface area contributed by atoms with Gasteiger partial charge in [0.25, 0.3) is 0 Å². The largest absolute Gasteiger partial charge is 0.496 e. The number of ether oxygens (including phenoxy) is 1. The zero-order valence-corrected chi connectivity index (χ0v) is 9.91. The number of aliphatic hydroxyl groups excluding tert-OH is 3. The molecular weight excluding hydrogens is 240 g/mol. The summed E-state index contributed by atoms with van der Waals surface area (Å²) in [6.45, 7) is -0.256. The highest BCUT2D eigenvalue weighted by Crippen LogP contribution is 2.29. The van der Waals surface area contributed by atoms with E-state index >= 15 is 0 Å². The Labute approximate surface area is 104 Å². The molecule has 0 amide bonds. The summed E-state index contributed by atoms with van der Waals surface area (Å²) in [7, 11) is 1.34. The molecule has 0 fully saturated rings. The van der Waals surface area contributed by atoms with Crippen LogP contribution in [0.5, 0.6) is 5.75 Å². The molecule has 0 aliphatic rings. The number of carbonyl (C=O) groups is 1. The van der Waals surface area contributed by atoms with Crippen LogP contribution in [-0.4, -0.2) is 46.2 Å². The minimum atomic E-state index is -1.24. The van der Waals surface area contributed by atoms with Crippen LogP contribution in [0.3, 0.4) is 0 Å². The van der Waals surface area contributed by atoms with Gasteiger partial charge in [-0.2, -0.15) is 0 Å². The van der Waals surface area contributed by atoms with E-state index in [4.69, 9.17) is 14.9 Å². The van der Waals surface area contributed by atoms with Gasteiger partial charge in [-0.25, -0.2) is 4.79 Å². The molecule has 0 aromatic heterocycles. The first-order valence-electron chi connectivity index (χ1n) is 5.39. The Bertz CT molecular complexity index is 417. The van der Waals surface area contributed by atoms with Crippen molar-refractivity contribution in [3.05, 3.63) is 29.3 Å². The van der Waals surface area contributed by atoms with Crippen molar-refractivity contribution in [1.29, 1.82) is 0 Å². The molecular formula is C12H16O6. The number of rotatable bonds is 6. The predicted molar refractivity (Wildman–Crippen MR) is 62.6 cm³/mol. The number of hydrogen-bond acceptors (Lipinski definition) is 5. The molecule has 0 aliphatic heterocycles. The molecule has 1 aromatic rings. The Kier molecular flexibility index (Phi) is 5.08. The molecule has 1 aromatic carbocycles. The quantitative estimate of drug-likeness (QED) is 0.578. The molecule has 2 unspecified atom stereocenters. The number of aromatic carboxylic acids is 1. The third-order valence-corrected chi connectivity index (χ3v) is 2.59. The molecule has 2 atom stereocenters. The van der Waals surface area contributed by atoms with E-state index in [0.717, 1.165) is 0 Å². The number of carboxylic acid groups (broad SMARTS) is 1. The average Bonchev–Trinajstić information content (AvgIpc) is 2.37. The maximum Gasteiger partial charge on any atom is 0.335 e. The van der Waals surface area contributed by atoms with Crippen molar-refractivity contribution < 1.29 is 30.0 Å². The van der Waals surface area contributed by atoms with Gasteiger partial charge in [-0.05, 0) is 18.6 Å². The van der Waals surface area contributed by atoms with E-state index in [1.54, 1.807) is 0 Å². The third kappa shape index (κ3) is 3.19. The Balaban J connectivity index is 3.05. The van der Waals surface area contributed by atoms with Crippen LogP contribution < -0.4 is 4.74 Å². The molecule has 100 valence electrons. The summed E-state index contributed by atoms with van der Waals surface area (Å²) in [5.74, 6) is -0.926. The highest BCUT2D eigenvalue weighted by molar-refractivity contribution is 5.88. The second-order valence-electron chi connectivity index (χ2n) is 3.79. The van der Waals surface area contributed by atoms with Crippen molar-refractivity contribution in [2.24, 2.45) is 0 Å². The highest BCUT2D eigenvalue weighted by atomic mass is 16.5. The summed E-state index contributed by atoms with van der Waals surface area (Å²) in [6, 6.07) is 3.97. The van der Waals surface area contributed by atoms with Gasteiger partial charge in [0.2, 0.25) is 0 Å². The van der Waals surface area contributed by atoms with Gasteiger partial charge in [0.15, 0.2) is 0 Å². The highest BCUT2D eigenvalue weighted by Gasteiger charge is 2.22. The van der Waals surface area contributed by atoms with Crippen molar-refractivity contribution in [3.63, 3.8) is 0 Å². The maximum absolute atomic E-state index is 10.8. The molecule has 0 saturated carbocycles. The lowest BCUT2D eigenvalue weighted by atomic mass is 10.00.